The highest BCUT2D eigenvalue weighted by Crippen LogP contribution is 2.28. The summed E-state index contributed by atoms with van der Waals surface area (Å²) in [5, 5.41) is 9.34. The van der Waals surface area contributed by atoms with E-state index in [1.54, 1.807) is 11.7 Å². The molecule has 0 bridgehead atoms. The van der Waals surface area contributed by atoms with Gasteiger partial charge in [0, 0.05) is 57.2 Å². The van der Waals surface area contributed by atoms with Crippen LogP contribution < -0.4 is 10.6 Å². The number of benzene rings is 1. The summed E-state index contributed by atoms with van der Waals surface area (Å²) in [5.41, 5.74) is 1.36. The number of nitrogens with zero attached hydrogens (tertiary/aromatic N) is 4. The normalized spacial score (nSPS) is 18.1. The van der Waals surface area contributed by atoms with Gasteiger partial charge in [0.25, 0.3) is 12.3 Å². The molecule has 0 unspecified atom stereocenters. The molecular weight excluding hydrogens is 480 g/mol. The van der Waals surface area contributed by atoms with Gasteiger partial charge in [-0.3, -0.25) is 9.48 Å². The Bertz CT molecular complexity index is 1110. The summed E-state index contributed by atoms with van der Waals surface area (Å²) in [4.78, 5) is 28.8. The minimum absolute atomic E-state index is 0.0704. The fourth-order valence-electron chi connectivity index (χ4n) is 4.26. The molecule has 0 radical (unpaired) electrons. The Morgan fingerprint density at radius 1 is 1.26 bits per heavy atom. The van der Waals surface area contributed by atoms with Crippen LogP contribution in [0.1, 0.15) is 21.7 Å². The standard InChI is InChI=1S/C21H23ClF4N6O2/c1-30-8-11(6-27-7-18(25)26)9-32-19(20(30)33)12-10-31(3-2-16(12)29-32)21(34)28-17-4-13(22)14(23)5-15(17)24/h4-5,11,18,27H,2-3,6-10H2,1H3,(H,28,34)/t11-/m0/s1. The molecule has 3 amide bonds. The molecule has 0 spiro atoms. The number of halogens is 5. The summed E-state index contributed by atoms with van der Waals surface area (Å²) >= 11 is 5.69. The predicted octanol–water partition coefficient (Wildman–Crippen LogP) is 2.96. The van der Waals surface area contributed by atoms with Crippen LogP contribution in [0.2, 0.25) is 5.02 Å². The molecule has 184 valence electrons. The zero-order chi connectivity index (χ0) is 24.6. The van der Waals surface area contributed by atoms with Crippen molar-refractivity contribution in [1.82, 2.24) is 24.9 Å². The van der Waals surface area contributed by atoms with Crippen LogP contribution in [0.5, 0.6) is 0 Å². The van der Waals surface area contributed by atoms with Crippen molar-refractivity contribution >= 4 is 29.2 Å². The van der Waals surface area contributed by atoms with Crippen LogP contribution >= 0.6 is 11.6 Å². The topological polar surface area (TPSA) is 82.5 Å². The molecule has 0 aliphatic carbocycles. The number of rotatable bonds is 5. The summed E-state index contributed by atoms with van der Waals surface area (Å²) in [6, 6.07) is 0.951. The molecular formula is C21H23ClF4N6O2. The number of urea groups is 1. The number of hydrogen-bond donors (Lipinski definition) is 2. The molecule has 4 rings (SSSR count). The highest BCUT2D eigenvalue weighted by atomic mass is 35.5. The highest BCUT2D eigenvalue weighted by molar-refractivity contribution is 6.31. The number of amides is 3. The van der Waals surface area contributed by atoms with E-state index in [1.165, 1.54) is 9.80 Å². The molecule has 2 aliphatic heterocycles. The van der Waals surface area contributed by atoms with Gasteiger partial charge in [0.2, 0.25) is 0 Å². The Kier molecular flexibility index (Phi) is 6.99. The molecule has 34 heavy (non-hydrogen) atoms. The fourth-order valence-corrected chi connectivity index (χ4v) is 4.43. The Morgan fingerprint density at radius 3 is 2.76 bits per heavy atom. The summed E-state index contributed by atoms with van der Waals surface area (Å²) in [7, 11) is 1.63. The van der Waals surface area contributed by atoms with Crippen LogP contribution in [0.4, 0.5) is 28.0 Å². The lowest BCUT2D eigenvalue weighted by atomic mass is 10.0. The lowest BCUT2D eigenvalue weighted by Gasteiger charge is -2.27. The first-order valence-electron chi connectivity index (χ1n) is 10.7. The van der Waals surface area contributed by atoms with E-state index in [4.69, 9.17) is 11.6 Å². The van der Waals surface area contributed by atoms with E-state index in [1.807, 2.05) is 0 Å². The first-order chi connectivity index (χ1) is 16.1. The SMILES string of the molecule is CN1C[C@H](CNCC(F)F)Cn2nc3c(c2C1=O)CN(C(=O)Nc1cc(Cl)c(F)cc1F)CC3. The number of aromatic nitrogens is 2. The van der Waals surface area contributed by atoms with Crippen LogP contribution in [0.25, 0.3) is 0 Å². The lowest BCUT2D eigenvalue weighted by Crippen LogP contribution is -2.40. The molecule has 2 N–H and O–H groups in total. The van der Waals surface area contributed by atoms with Gasteiger partial charge in [-0.25, -0.2) is 22.4 Å². The van der Waals surface area contributed by atoms with Crippen molar-refractivity contribution in [3.8, 4) is 0 Å². The van der Waals surface area contributed by atoms with Gasteiger partial charge >= 0.3 is 6.03 Å². The molecule has 1 aromatic carbocycles. The van der Waals surface area contributed by atoms with Crippen molar-refractivity contribution in [3.63, 3.8) is 0 Å². The van der Waals surface area contributed by atoms with Gasteiger partial charge in [-0.15, -0.1) is 0 Å². The number of carbonyl (C=O) groups excluding carboxylic acids is 2. The highest BCUT2D eigenvalue weighted by Gasteiger charge is 2.34. The van der Waals surface area contributed by atoms with Gasteiger partial charge in [-0.1, -0.05) is 11.6 Å². The number of anilines is 1. The molecule has 1 atom stereocenters. The summed E-state index contributed by atoms with van der Waals surface area (Å²) < 4.78 is 54.0. The Hall–Kier alpha value is -2.86. The molecule has 1 aromatic heterocycles. The predicted molar refractivity (Wildman–Crippen MR) is 116 cm³/mol. The van der Waals surface area contributed by atoms with Crippen molar-refractivity contribution in [3.05, 3.63) is 45.7 Å². The van der Waals surface area contributed by atoms with Crippen LogP contribution in [0.3, 0.4) is 0 Å². The summed E-state index contributed by atoms with van der Waals surface area (Å²) in [6.45, 7) is 0.936. The minimum Gasteiger partial charge on any atom is -0.340 e. The second-order valence-electron chi connectivity index (χ2n) is 8.40. The number of fused-ring (bicyclic) bond motifs is 3. The first kappa shape index (κ1) is 24.3. The van der Waals surface area contributed by atoms with Crippen molar-refractivity contribution in [2.45, 2.75) is 25.9 Å². The van der Waals surface area contributed by atoms with E-state index in [9.17, 15) is 27.2 Å². The monoisotopic (exact) mass is 502 g/mol. The Morgan fingerprint density at radius 2 is 2.03 bits per heavy atom. The first-order valence-corrected chi connectivity index (χ1v) is 11.0. The number of alkyl halides is 2. The van der Waals surface area contributed by atoms with Crippen LogP contribution in [0, 0.1) is 17.6 Å². The molecule has 0 saturated heterocycles. The van der Waals surface area contributed by atoms with Gasteiger partial charge in [0.15, 0.2) is 0 Å². The quantitative estimate of drug-likeness (QED) is 0.486. The van der Waals surface area contributed by atoms with Crippen LogP contribution in [-0.2, 0) is 19.5 Å². The second-order valence-corrected chi connectivity index (χ2v) is 8.81. The van der Waals surface area contributed by atoms with E-state index >= 15 is 0 Å². The molecule has 0 saturated carbocycles. The van der Waals surface area contributed by atoms with E-state index < -0.39 is 30.6 Å². The van der Waals surface area contributed by atoms with Gasteiger partial charge in [0.05, 0.1) is 29.5 Å². The van der Waals surface area contributed by atoms with Crippen molar-refractivity contribution in [1.29, 1.82) is 0 Å². The lowest BCUT2D eigenvalue weighted by molar-refractivity contribution is 0.0776. The maximum Gasteiger partial charge on any atom is 0.322 e. The molecule has 8 nitrogen and oxygen atoms in total. The van der Waals surface area contributed by atoms with E-state index in [0.29, 0.717) is 49.1 Å². The largest absolute Gasteiger partial charge is 0.340 e. The third kappa shape index (κ3) is 4.97. The number of hydrogen-bond acceptors (Lipinski definition) is 4. The van der Waals surface area contributed by atoms with Gasteiger partial charge < -0.3 is 20.4 Å². The van der Waals surface area contributed by atoms with E-state index in [0.717, 1.165) is 6.07 Å². The summed E-state index contributed by atoms with van der Waals surface area (Å²) in [6.07, 6.45) is -2.09. The van der Waals surface area contributed by atoms with Crippen molar-refractivity contribution in [2.24, 2.45) is 5.92 Å². The van der Waals surface area contributed by atoms with E-state index in [-0.39, 0.29) is 35.6 Å². The second kappa shape index (κ2) is 9.79. The van der Waals surface area contributed by atoms with Crippen LogP contribution in [-0.4, -0.2) is 71.2 Å². The van der Waals surface area contributed by atoms with E-state index in [2.05, 4.69) is 15.7 Å². The third-order valence-corrected chi connectivity index (χ3v) is 6.17. The number of carbonyl (C=O) groups is 2. The molecule has 2 aliphatic rings. The van der Waals surface area contributed by atoms with Gasteiger partial charge in [0.1, 0.15) is 17.3 Å². The Balaban J connectivity index is 1.52. The minimum atomic E-state index is -2.46. The zero-order valence-corrected chi connectivity index (χ0v) is 19.0. The molecule has 3 heterocycles. The number of nitrogens with one attached hydrogen (secondary N) is 2. The smallest absolute Gasteiger partial charge is 0.322 e. The van der Waals surface area contributed by atoms with Gasteiger partial charge in [-0.2, -0.15) is 5.10 Å². The Labute approximate surface area is 197 Å². The zero-order valence-electron chi connectivity index (χ0n) is 18.3. The maximum atomic E-state index is 14.0. The molecule has 2 aromatic rings. The van der Waals surface area contributed by atoms with Gasteiger partial charge in [-0.05, 0) is 6.07 Å². The molecule has 0 fully saturated rings. The average Bonchev–Trinajstić information content (AvgIpc) is 3.07. The van der Waals surface area contributed by atoms with Crippen molar-refractivity contribution in [2.75, 3.05) is 38.5 Å². The fraction of sp³-hybridized carbons (Fsp3) is 0.476. The van der Waals surface area contributed by atoms with Crippen LogP contribution in [0.15, 0.2) is 12.1 Å². The van der Waals surface area contributed by atoms with Crippen molar-refractivity contribution < 1.29 is 27.2 Å². The third-order valence-electron chi connectivity index (χ3n) is 5.88. The summed E-state index contributed by atoms with van der Waals surface area (Å²) in [5.74, 6) is -2.30. The molecule has 13 heteroatoms. The maximum absolute atomic E-state index is 14.0. The average molecular weight is 503 g/mol.